The Morgan fingerprint density at radius 2 is 2.21 bits per heavy atom. The number of hydrogen-bond donors (Lipinski definition) is 2. The Bertz CT molecular complexity index is 447. The van der Waals surface area contributed by atoms with E-state index in [-0.39, 0.29) is 24.6 Å². The molecule has 0 saturated carbocycles. The molecule has 1 saturated heterocycles. The topological polar surface area (TPSA) is 66.8 Å². The first-order valence-corrected chi connectivity index (χ1v) is 6.55. The summed E-state index contributed by atoms with van der Waals surface area (Å²) in [7, 11) is 0. The van der Waals surface area contributed by atoms with Gasteiger partial charge in [0.05, 0.1) is 12.7 Å². The van der Waals surface area contributed by atoms with Crippen molar-refractivity contribution in [3.8, 4) is 0 Å². The molecule has 1 fully saturated rings. The number of ether oxygens (including phenoxy) is 1. The Morgan fingerprint density at radius 3 is 2.89 bits per heavy atom. The van der Waals surface area contributed by atoms with Crippen LogP contribution in [0.1, 0.15) is 26.2 Å². The summed E-state index contributed by atoms with van der Waals surface area (Å²) in [4.78, 5) is 11.6. The van der Waals surface area contributed by atoms with E-state index in [9.17, 15) is 15.0 Å². The van der Waals surface area contributed by atoms with Crippen LogP contribution in [-0.4, -0.2) is 35.0 Å². The average Bonchev–Trinajstić information content (AvgIpc) is 2.60. The van der Waals surface area contributed by atoms with Crippen LogP contribution in [0.3, 0.4) is 0 Å². The van der Waals surface area contributed by atoms with Gasteiger partial charge in [0.2, 0.25) is 0 Å². The van der Waals surface area contributed by atoms with Gasteiger partial charge in [0.25, 0.3) is 0 Å². The minimum absolute atomic E-state index is 0.0346. The highest BCUT2D eigenvalue weighted by Crippen LogP contribution is 2.34. The summed E-state index contributed by atoms with van der Waals surface area (Å²) >= 11 is 0. The van der Waals surface area contributed by atoms with Crippen molar-refractivity contribution in [1.82, 2.24) is 0 Å². The van der Waals surface area contributed by atoms with E-state index in [4.69, 9.17) is 4.74 Å². The number of esters is 1. The monoisotopic (exact) mass is 264 g/mol. The summed E-state index contributed by atoms with van der Waals surface area (Å²) in [6, 6.07) is 0. The third kappa shape index (κ3) is 3.14. The molecule has 0 aromatic heterocycles. The molecule has 0 radical (unpaired) electrons. The maximum atomic E-state index is 11.6. The van der Waals surface area contributed by atoms with Gasteiger partial charge >= 0.3 is 5.97 Å². The molecule has 1 aliphatic heterocycles. The molecule has 2 rings (SSSR count). The van der Waals surface area contributed by atoms with Crippen molar-refractivity contribution in [2.24, 2.45) is 5.92 Å². The fourth-order valence-corrected chi connectivity index (χ4v) is 2.70. The third-order valence-electron chi connectivity index (χ3n) is 3.75. The molecule has 1 aliphatic carbocycles. The van der Waals surface area contributed by atoms with Gasteiger partial charge in [-0.15, -0.1) is 0 Å². The molecule has 0 spiro atoms. The number of carbonyl (C=O) groups is 1. The largest absolute Gasteiger partial charge is 0.458 e. The van der Waals surface area contributed by atoms with Gasteiger partial charge in [0.1, 0.15) is 6.10 Å². The molecule has 0 aromatic rings. The Morgan fingerprint density at radius 1 is 1.47 bits per heavy atom. The highest BCUT2D eigenvalue weighted by molar-refractivity contribution is 5.90. The van der Waals surface area contributed by atoms with Crippen LogP contribution in [-0.2, 0) is 9.53 Å². The van der Waals surface area contributed by atoms with Crippen LogP contribution in [0, 0.1) is 5.92 Å². The lowest BCUT2D eigenvalue weighted by atomic mass is 9.87. The fourth-order valence-electron chi connectivity index (χ4n) is 2.70. The van der Waals surface area contributed by atoms with Gasteiger partial charge in [-0.1, -0.05) is 24.3 Å². The number of aliphatic hydroxyl groups excluding tert-OH is 2. The second-order valence-electron chi connectivity index (χ2n) is 5.32. The summed E-state index contributed by atoms with van der Waals surface area (Å²) in [5, 5.41) is 19.2. The number of hydrogen-bond acceptors (Lipinski definition) is 4. The van der Waals surface area contributed by atoms with Crippen LogP contribution < -0.4 is 0 Å². The van der Waals surface area contributed by atoms with Crippen LogP contribution in [0.15, 0.2) is 35.5 Å². The van der Waals surface area contributed by atoms with Gasteiger partial charge in [-0.3, -0.25) is 0 Å². The van der Waals surface area contributed by atoms with E-state index in [1.807, 2.05) is 13.0 Å². The van der Waals surface area contributed by atoms with Gasteiger partial charge in [0, 0.05) is 24.3 Å². The van der Waals surface area contributed by atoms with E-state index in [2.05, 4.69) is 6.58 Å². The molecule has 104 valence electrons. The predicted molar refractivity (Wildman–Crippen MR) is 71.3 cm³/mol. The first kappa shape index (κ1) is 14.0. The first-order valence-electron chi connectivity index (χ1n) is 6.55. The molecule has 1 heterocycles. The molecule has 0 aromatic carbocycles. The normalized spacial score (nSPS) is 32.3. The molecule has 3 atom stereocenters. The summed E-state index contributed by atoms with van der Waals surface area (Å²) < 4.78 is 5.33. The minimum Gasteiger partial charge on any atom is -0.458 e. The van der Waals surface area contributed by atoms with Crippen LogP contribution in [0.4, 0.5) is 0 Å². The predicted octanol–water partition coefficient (Wildman–Crippen LogP) is 1.49. The van der Waals surface area contributed by atoms with E-state index in [0.29, 0.717) is 24.8 Å². The summed E-state index contributed by atoms with van der Waals surface area (Å²) in [5.74, 6) is -0.366. The zero-order valence-electron chi connectivity index (χ0n) is 11.1. The Balaban J connectivity index is 2.28. The smallest absolute Gasteiger partial charge is 0.334 e. The molecule has 2 N–H and O–H groups in total. The highest BCUT2D eigenvalue weighted by atomic mass is 16.6. The Hall–Kier alpha value is -1.39. The molecule has 2 aliphatic rings. The van der Waals surface area contributed by atoms with Crippen molar-refractivity contribution >= 4 is 5.97 Å². The quantitative estimate of drug-likeness (QED) is 0.428. The zero-order valence-corrected chi connectivity index (χ0v) is 11.1. The second kappa shape index (κ2) is 5.72. The summed E-state index contributed by atoms with van der Waals surface area (Å²) in [6.45, 7) is 5.64. The molecular weight excluding hydrogens is 244 g/mol. The van der Waals surface area contributed by atoms with Crippen molar-refractivity contribution in [2.75, 3.05) is 6.61 Å². The molecule has 0 bridgehead atoms. The number of allylic oxidation sites excluding steroid dienone is 1. The van der Waals surface area contributed by atoms with Gasteiger partial charge in [-0.2, -0.15) is 0 Å². The third-order valence-corrected chi connectivity index (χ3v) is 3.75. The van der Waals surface area contributed by atoms with Crippen molar-refractivity contribution in [3.63, 3.8) is 0 Å². The zero-order chi connectivity index (χ0) is 14.0. The van der Waals surface area contributed by atoms with Crippen LogP contribution in [0.2, 0.25) is 0 Å². The standard InChI is InChI=1S/C15H20O4/c1-9-5-12(17)7-11(8-16)3-4-13-10(2)15(18)19-14(13)6-9/h3,5,12-14,16-17H,2,4,6-8H2,1H3. The van der Waals surface area contributed by atoms with Crippen molar-refractivity contribution < 1.29 is 19.7 Å². The van der Waals surface area contributed by atoms with Gasteiger partial charge in [0.15, 0.2) is 0 Å². The van der Waals surface area contributed by atoms with Crippen LogP contribution >= 0.6 is 0 Å². The van der Waals surface area contributed by atoms with E-state index in [1.165, 1.54) is 0 Å². The molecular formula is C15H20O4. The van der Waals surface area contributed by atoms with E-state index in [0.717, 1.165) is 11.1 Å². The number of aliphatic hydroxyl groups is 2. The second-order valence-corrected chi connectivity index (χ2v) is 5.32. The minimum atomic E-state index is -0.602. The first-order chi connectivity index (χ1) is 9.01. The van der Waals surface area contributed by atoms with Gasteiger partial charge in [-0.05, 0) is 18.9 Å². The maximum Gasteiger partial charge on any atom is 0.334 e. The van der Waals surface area contributed by atoms with Crippen LogP contribution in [0.25, 0.3) is 0 Å². The van der Waals surface area contributed by atoms with E-state index in [1.54, 1.807) is 6.08 Å². The Labute approximate surface area is 113 Å². The molecule has 0 amide bonds. The maximum absolute atomic E-state index is 11.6. The van der Waals surface area contributed by atoms with Crippen LogP contribution in [0.5, 0.6) is 0 Å². The number of fused-ring (bicyclic) bond motifs is 1. The average molecular weight is 264 g/mol. The molecule has 3 unspecified atom stereocenters. The molecule has 19 heavy (non-hydrogen) atoms. The van der Waals surface area contributed by atoms with Crippen molar-refractivity contribution in [3.05, 3.63) is 35.5 Å². The van der Waals surface area contributed by atoms with Crippen molar-refractivity contribution in [2.45, 2.75) is 38.4 Å². The lowest BCUT2D eigenvalue weighted by molar-refractivity contribution is -0.139. The molecule has 4 heteroatoms. The fraction of sp³-hybridized carbons (Fsp3) is 0.533. The number of rotatable bonds is 1. The summed E-state index contributed by atoms with van der Waals surface area (Å²) in [6.07, 6.45) is 4.50. The lowest BCUT2D eigenvalue weighted by Gasteiger charge is -2.20. The van der Waals surface area contributed by atoms with Gasteiger partial charge in [-0.25, -0.2) is 4.79 Å². The summed E-state index contributed by atoms with van der Waals surface area (Å²) in [5.41, 5.74) is 2.28. The SMILES string of the molecule is C=C1C(=O)OC2CC(C)=CC(O)CC(CO)=CCC12. The van der Waals surface area contributed by atoms with E-state index < -0.39 is 6.10 Å². The van der Waals surface area contributed by atoms with E-state index >= 15 is 0 Å². The highest BCUT2D eigenvalue weighted by Gasteiger charge is 2.38. The lowest BCUT2D eigenvalue weighted by Crippen LogP contribution is -2.19. The van der Waals surface area contributed by atoms with Crippen molar-refractivity contribution in [1.29, 1.82) is 0 Å². The molecule has 4 nitrogen and oxygen atoms in total. The van der Waals surface area contributed by atoms with Gasteiger partial charge < -0.3 is 14.9 Å². The Kier molecular flexibility index (Phi) is 4.22. The number of carbonyl (C=O) groups excluding carboxylic acids is 1.